The molecule has 0 aromatic rings. The quantitative estimate of drug-likeness (QED) is 0.726. The van der Waals surface area contributed by atoms with Crippen molar-refractivity contribution in [2.75, 3.05) is 19.6 Å². The highest BCUT2D eigenvalue weighted by atomic mass is 16.4. The van der Waals surface area contributed by atoms with Gasteiger partial charge in [0, 0.05) is 19.6 Å². The fourth-order valence-electron chi connectivity index (χ4n) is 2.79. The second-order valence-corrected chi connectivity index (χ2v) is 5.11. The van der Waals surface area contributed by atoms with Crippen LogP contribution in [0.3, 0.4) is 0 Å². The molecule has 0 unspecified atom stereocenters. The van der Waals surface area contributed by atoms with Gasteiger partial charge in [-0.25, -0.2) is 0 Å². The van der Waals surface area contributed by atoms with E-state index in [2.05, 4.69) is 4.90 Å². The van der Waals surface area contributed by atoms with Crippen molar-refractivity contribution in [3.8, 4) is 0 Å². The fourth-order valence-corrected chi connectivity index (χ4v) is 2.79. The number of rotatable bonds is 3. The topological polar surface area (TPSA) is 40.5 Å². The zero-order chi connectivity index (χ0) is 10.7. The minimum Gasteiger partial charge on any atom is -0.481 e. The summed E-state index contributed by atoms with van der Waals surface area (Å²) in [5.41, 5.74) is 0. The Labute approximate surface area is 91.5 Å². The van der Waals surface area contributed by atoms with Crippen molar-refractivity contribution < 1.29 is 9.90 Å². The van der Waals surface area contributed by atoms with Crippen LogP contribution in [-0.4, -0.2) is 35.6 Å². The lowest BCUT2D eigenvalue weighted by Gasteiger charge is -2.38. The van der Waals surface area contributed by atoms with Crippen LogP contribution in [0.1, 0.15) is 38.5 Å². The van der Waals surface area contributed by atoms with Crippen LogP contribution in [-0.2, 0) is 4.79 Å². The summed E-state index contributed by atoms with van der Waals surface area (Å²) in [5.74, 6) is 0.130. The Balaban J connectivity index is 1.67. The minimum atomic E-state index is -0.618. The molecule has 3 heteroatoms. The van der Waals surface area contributed by atoms with Gasteiger partial charge >= 0.3 is 5.97 Å². The average Bonchev–Trinajstić information content (AvgIpc) is 2.37. The van der Waals surface area contributed by atoms with Gasteiger partial charge in [0.05, 0.1) is 5.92 Å². The fraction of sp³-hybridized carbons (Fsp3) is 0.917. The van der Waals surface area contributed by atoms with E-state index in [9.17, 15) is 4.79 Å². The molecular weight excluding hydrogens is 190 g/mol. The molecule has 0 aromatic carbocycles. The highest BCUT2D eigenvalue weighted by molar-refractivity contribution is 5.71. The van der Waals surface area contributed by atoms with Crippen molar-refractivity contribution in [1.29, 1.82) is 0 Å². The Morgan fingerprint density at radius 3 is 2.27 bits per heavy atom. The maximum Gasteiger partial charge on any atom is 0.309 e. The molecule has 1 saturated heterocycles. The Kier molecular flexibility index (Phi) is 3.62. The van der Waals surface area contributed by atoms with Crippen molar-refractivity contribution in [3.63, 3.8) is 0 Å². The number of aliphatic carboxylic acids is 1. The van der Waals surface area contributed by atoms with Crippen LogP contribution in [0.2, 0.25) is 0 Å². The zero-order valence-electron chi connectivity index (χ0n) is 9.32. The van der Waals surface area contributed by atoms with Crippen LogP contribution in [0.4, 0.5) is 0 Å². The van der Waals surface area contributed by atoms with E-state index in [4.69, 9.17) is 5.11 Å². The van der Waals surface area contributed by atoms with Crippen molar-refractivity contribution in [2.24, 2.45) is 11.8 Å². The predicted molar refractivity (Wildman–Crippen MR) is 58.8 cm³/mol. The molecule has 2 rings (SSSR count). The number of hydrogen-bond acceptors (Lipinski definition) is 2. The van der Waals surface area contributed by atoms with E-state index in [1.807, 2.05) is 0 Å². The number of nitrogens with zero attached hydrogens (tertiary/aromatic N) is 1. The first-order chi connectivity index (χ1) is 7.25. The predicted octanol–water partition coefficient (Wildman–Crippen LogP) is 1.97. The maximum absolute atomic E-state index is 10.6. The summed E-state index contributed by atoms with van der Waals surface area (Å²) in [4.78, 5) is 13.0. The summed E-state index contributed by atoms with van der Waals surface area (Å²) < 4.78 is 0. The van der Waals surface area contributed by atoms with Crippen molar-refractivity contribution >= 4 is 5.97 Å². The molecule has 2 fully saturated rings. The molecule has 0 amide bonds. The lowest BCUT2D eigenvalue weighted by Crippen LogP contribution is -2.51. The van der Waals surface area contributed by atoms with Crippen LogP contribution in [0.15, 0.2) is 0 Å². The SMILES string of the molecule is O=C(O)C1CN(CC2CCCCCC2)C1. The van der Waals surface area contributed by atoms with E-state index < -0.39 is 5.97 Å². The Bertz CT molecular complexity index is 216. The Morgan fingerprint density at radius 2 is 1.73 bits per heavy atom. The second-order valence-electron chi connectivity index (χ2n) is 5.11. The molecule has 2 aliphatic rings. The van der Waals surface area contributed by atoms with Gasteiger partial charge in [-0.3, -0.25) is 4.79 Å². The van der Waals surface area contributed by atoms with Crippen LogP contribution in [0.25, 0.3) is 0 Å². The average molecular weight is 211 g/mol. The number of hydrogen-bond donors (Lipinski definition) is 1. The van der Waals surface area contributed by atoms with Gasteiger partial charge in [0.1, 0.15) is 0 Å². The lowest BCUT2D eigenvalue weighted by molar-refractivity contribution is -0.147. The second kappa shape index (κ2) is 4.97. The van der Waals surface area contributed by atoms with E-state index >= 15 is 0 Å². The first kappa shape index (κ1) is 10.9. The van der Waals surface area contributed by atoms with E-state index in [-0.39, 0.29) is 5.92 Å². The van der Waals surface area contributed by atoms with Gasteiger partial charge in [0.25, 0.3) is 0 Å². The highest BCUT2D eigenvalue weighted by Crippen LogP contribution is 2.26. The first-order valence-corrected chi connectivity index (χ1v) is 6.21. The first-order valence-electron chi connectivity index (χ1n) is 6.21. The van der Waals surface area contributed by atoms with Gasteiger partial charge in [-0.15, -0.1) is 0 Å². The maximum atomic E-state index is 10.6. The minimum absolute atomic E-state index is 0.0872. The molecule has 1 N–H and O–H groups in total. The molecule has 1 heterocycles. The Morgan fingerprint density at radius 1 is 1.13 bits per heavy atom. The van der Waals surface area contributed by atoms with Crippen LogP contribution in [0, 0.1) is 11.8 Å². The normalized spacial score (nSPS) is 25.9. The number of carboxylic acid groups (broad SMARTS) is 1. The van der Waals surface area contributed by atoms with Crippen molar-refractivity contribution in [2.45, 2.75) is 38.5 Å². The number of carboxylic acids is 1. The summed E-state index contributed by atoms with van der Waals surface area (Å²) >= 11 is 0. The van der Waals surface area contributed by atoms with Gasteiger partial charge in [-0.05, 0) is 18.8 Å². The van der Waals surface area contributed by atoms with Crippen molar-refractivity contribution in [3.05, 3.63) is 0 Å². The summed E-state index contributed by atoms with van der Waals surface area (Å²) in [5, 5.41) is 8.78. The monoisotopic (exact) mass is 211 g/mol. The van der Waals surface area contributed by atoms with Crippen molar-refractivity contribution in [1.82, 2.24) is 4.90 Å². The summed E-state index contributed by atoms with van der Waals surface area (Å²) in [7, 11) is 0. The van der Waals surface area contributed by atoms with E-state index in [1.54, 1.807) is 0 Å². The van der Waals surface area contributed by atoms with E-state index in [1.165, 1.54) is 38.5 Å². The van der Waals surface area contributed by atoms with Crippen LogP contribution >= 0.6 is 0 Å². The molecule has 86 valence electrons. The summed E-state index contributed by atoms with van der Waals surface area (Å²) in [6, 6.07) is 0. The van der Waals surface area contributed by atoms with E-state index in [0.717, 1.165) is 25.6 Å². The molecule has 3 nitrogen and oxygen atoms in total. The Hall–Kier alpha value is -0.570. The van der Waals surface area contributed by atoms with Gasteiger partial charge in [-0.1, -0.05) is 25.7 Å². The highest BCUT2D eigenvalue weighted by Gasteiger charge is 2.33. The smallest absolute Gasteiger partial charge is 0.309 e. The molecule has 1 saturated carbocycles. The summed E-state index contributed by atoms with van der Waals surface area (Å²) in [6.07, 6.45) is 8.26. The number of likely N-dealkylation sites (tertiary alicyclic amines) is 1. The van der Waals surface area contributed by atoms with Gasteiger partial charge in [0.2, 0.25) is 0 Å². The van der Waals surface area contributed by atoms with Gasteiger partial charge in [-0.2, -0.15) is 0 Å². The molecule has 0 aromatic heterocycles. The number of carbonyl (C=O) groups is 1. The molecule has 0 radical (unpaired) electrons. The molecule has 0 spiro atoms. The standard InChI is InChI=1S/C12H21NO2/c14-12(15)11-8-13(9-11)7-10-5-3-1-2-4-6-10/h10-11H,1-9H2,(H,14,15). The third-order valence-electron chi connectivity index (χ3n) is 3.80. The van der Waals surface area contributed by atoms with Gasteiger partial charge in [0.15, 0.2) is 0 Å². The lowest BCUT2D eigenvalue weighted by atomic mass is 9.94. The third kappa shape index (κ3) is 2.94. The van der Waals surface area contributed by atoms with Crippen LogP contribution in [0.5, 0.6) is 0 Å². The molecule has 1 aliphatic carbocycles. The molecule has 0 bridgehead atoms. The van der Waals surface area contributed by atoms with E-state index in [0.29, 0.717) is 0 Å². The molecular formula is C12H21NO2. The third-order valence-corrected chi connectivity index (χ3v) is 3.80. The molecule has 0 atom stereocenters. The van der Waals surface area contributed by atoms with Crippen LogP contribution < -0.4 is 0 Å². The summed E-state index contributed by atoms with van der Waals surface area (Å²) in [6.45, 7) is 2.71. The largest absolute Gasteiger partial charge is 0.481 e. The zero-order valence-corrected chi connectivity index (χ0v) is 9.32. The van der Waals surface area contributed by atoms with Gasteiger partial charge < -0.3 is 10.0 Å². The molecule has 15 heavy (non-hydrogen) atoms. The molecule has 1 aliphatic heterocycles.